The van der Waals surface area contributed by atoms with Crippen LogP contribution in [0.4, 0.5) is 0 Å². The molecule has 0 aromatic heterocycles. The third-order valence-electron chi connectivity index (χ3n) is 2.55. The Labute approximate surface area is 99.5 Å². The lowest BCUT2D eigenvalue weighted by atomic mass is 10.1. The topological polar surface area (TPSA) is 0 Å². The molecule has 0 N–H and O–H groups in total. The van der Waals surface area contributed by atoms with E-state index in [1.807, 2.05) is 0 Å². The third kappa shape index (κ3) is 3.21. The maximum Gasteiger partial charge on any atom is 0.0783 e. The molecule has 0 bridgehead atoms. The SMILES string of the molecule is Cc1cccc(/C=C/[SiH2]c2ccccc2)c1. The van der Waals surface area contributed by atoms with Crippen LogP contribution in [0.25, 0.3) is 6.08 Å². The van der Waals surface area contributed by atoms with Crippen molar-refractivity contribution >= 4 is 20.8 Å². The first-order valence-electron chi connectivity index (χ1n) is 5.62. The van der Waals surface area contributed by atoms with E-state index < -0.39 is 0 Å². The van der Waals surface area contributed by atoms with Crippen LogP contribution in [0.2, 0.25) is 0 Å². The third-order valence-corrected chi connectivity index (χ3v) is 3.96. The van der Waals surface area contributed by atoms with Gasteiger partial charge in [-0.1, -0.05) is 77.1 Å². The van der Waals surface area contributed by atoms with Crippen LogP contribution in [-0.2, 0) is 0 Å². The molecule has 0 spiro atoms. The van der Waals surface area contributed by atoms with E-state index in [0.29, 0.717) is 0 Å². The van der Waals surface area contributed by atoms with E-state index in [0.717, 1.165) is 0 Å². The fourth-order valence-electron chi connectivity index (χ4n) is 1.72. The lowest BCUT2D eigenvalue weighted by molar-refractivity contribution is 1.46. The van der Waals surface area contributed by atoms with Gasteiger partial charge in [-0.2, -0.15) is 0 Å². The molecule has 80 valence electrons. The van der Waals surface area contributed by atoms with Crippen molar-refractivity contribution in [1.82, 2.24) is 0 Å². The van der Waals surface area contributed by atoms with Crippen LogP contribution < -0.4 is 5.19 Å². The average Bonchev–Trinajstić information content (AvgIpc) is 2.30. The number of hydrogen-bond acceptors (Lipinski definition) is 0. The summed E-state index contributed by atoms with van der Waals surface area (Å²) in [7, 11) is -0.248. The van der Waals surface area contributed by atoms with Crippen molar-refractivity contribution in [2.75, 3.05) is 0 Å². The summed E-state index contributed by atoms with van der Waals surface area (Å²) in [5, 5.41) is 1.49. The van der Waals surface area contributed by atoms with Crippen LogP contribution >= 0.6 is 0 Å². The summed E-state index contributed by atoms with van der Waals surface area (Å²) in [5.74, 6) is 0. The summed E-state index contributed by atoms with van der Waals surface area (Å²) < 4.78 is 0. The van der Waals surface area contributed by atoms with Crippen LogP contribution in [0.15, 0.2) is 60.3 Å². The van der Waals surface area contributed by atoms with Crippen LogP contribution in [0.1, 0.15) is 11.1 Å². The predicted octanol–water partition coefficient (Wildman–Crippen LogP) is 2.46. The lowest BCUT2D eigenvalue weighted by Crippen LogP contribution is -2.09. The van der Waals surface area contributed by atoms with E-state index in [1.54, 1.807) is 0 Å². The minimum absolute atomic E-state index is 0.248. The Hall–Kier alpha value is -1.60. The van der Waals surface area contributed by atoms with Crippen molar-refractivity contribution in [2.24, 2.45) is 0 Å². The van der Waals surface area contributed by atoms with Gasteiger partial charge in [-0.05, 0) is 12.5 Å². The average molecular weight is 224 g/mol. The van der Waals surface area contributed by atoms with Gasteiger partial charge in [0, 0.05) is 0 Å². The first-order chi connectivity index (χ1) is 7.84. The molecule has 0 heterocycles. The minimum atomic E-state index is -0.248. The minimum Gasteiger partial charge on any atom is -0.0956 e. The number of aryl methyl sites for hydroxylation is 1. The van der Waals surface area contributed by atoms with Crippen molar-refractivity contribution in [2.45, 2.75) is 6.92 Å². The zero-order chi connectivity index (χ0) is 11.2. The lowest BCUT2D eigenvalue weighted by Gasteiger charge is -1.96. The van der Waals surface area contributed by atoms with Gasteiger partial charge in [-0.3, -0.25) is 0 Å². The molecule has 1 heteroatoms. The molecular weight excluding hydrogens is 208 g/mol. The van der Waals surface area contributed by atoms with E-state index in [4.69, 9.17) is 0 Å². The van der Waals surface area contributed by atoms with E-state index >= 15 is 0 Å². The molecule has 16 heavy (non-hydrogen) atoms. The standard InChI is InChI=1S/C15H16Si/c1-13-6-5-7-14(12-13)10-11-16-15-8-3-2-4-9-15/h2-12H,16H2,1H3/b11-10+. The van der Waals surface area contributed by atoms with Gasteiger partial charge in [-0.15, -0.1) is 0 Å². The molecule has 0 saturated carbocycles. The highest BCUT2D eigenvalue weighted by Crippen LogP contribution is 2.05. The summed E-state index contributed by atoms with van der Waals surface area (Å²) in [4.78, 5) is 0. The molecular formula is C15H16Si. The van der Waals surface area contributed by atoms with Gasteiger partial charge >= 0.3 is 0 Å². The molecule has 0 nitrogen and oxygen atoms in total. The smallest absolute Gasteiger partial charge is 0.0783 e. The fourth-order valence-corrected chi connectivity index (χ4v) is 2.93. The van der Waals surface area contributed by atoms with Gasteiger partial charge < -0.3 is 0 Å². The van der Waals surface area contributed by atoms with Gasteiger partial charge in [0.1, 0.15) is 0 Å². The summed E-state index contributed by atoms with van der Waals surface area (Å²) in [6.45, 7) is 2.13. The first kappa shape index (κ1) is 10.9. The Balaban J connectivity index is 2.00. The molecule has 0 aliphatic rings. The quantitative estimate of drug-likeness (QED) is 0.703. The fraction of sp³-hybridized carbons (Fsp3) is 0.0667. The number of hydrogen-bond donors (Lipinski definition) is 0. The molecule has 0 aliphatic carbocycles. The number of rotatable bonds is 3. The van der Waals surface area contributed by atoms with Gasteiger partial charge in [0.25, 0.3) is 0 Å². The van der Waals surface area contributed by atoms with E-state index in [9.17, 15) is 0 Å². The molecule has 0 fully saturated rings. The van der Waals surface area contributed by atoms with E-state index in [1.165, 1.54) is 16.3 Å². The van der Waals surface area contributed by atoms with Crippen LogP contribution in [0.5, 0.6) is 0 Å². The van der Waals surface area contributed by atoms with Gasteiger partial charge in [-0.25, -0.2) is 0 Å². The van der Waals surface area contributed by atoms with Gasteiger partial charge in [0.2, 0.25) is 0 Å². The van der Waals surface area contributed by atoms with Crippen molar-refractivity contribution in [3.8, 4) is 0 Å². The predicted molar refractivity (Wildman–Crippen MR) is 74.8 cm³/mol. The van der Waals surface area contributed by atoms with Crippen LogP contribution in [0.3, 0.4) is 0 Å². The van der Waals surface area contributed by atoms with E-state index in [2.05, 4.69) is 73.3 Å². The van der Waals surface area contributed by atoms with Crippen molar-refractivity contribution in [3.05, 3.63) is 71.4 Å². The van der Waals surface area contributed by atoms with Crippen LogP contribution in [-0.4, -0.2) is 9.52 Å². The van der Waals surface area contributed by atoms with E-state index in [-0.39, 0.29) is 9.52 Å². The van der Waals surface area contributed by atoms with Crippen LogP contribution in [0, 0.1) is 6.92 Å². The van der Waals surface area contributed by atoms with Crippen molar-refractivity contribution in [1.29, 1.82) is 0 Å². The summed E-state index contributed by atoms with van der Waals surface area (Å²) in [6.07, 6.45) is 2.24. The second-order valence-electron chi connectivity index (χ2n) is 4.01. The normalized spacial score (nSPS) is 11.6. The second kappa shape index (κ2) is 5.47. The Morgan fingerprint density at radius 1 is 0.938 bits per heavy atom. The van der Waals surface area contributed by atoms with Gasteiger partial charge in [0.15, 0.2) is 0 Å². The Bertz CT molecular complexity index is 472. The zero-order valence-electron chi connectivity index (χ0n) is 9.56. The highest BCUT2D eigenvalue weighted by Gasteiger charge is 1.89. The molecule has 0 radical (unpaired) electrons. The molecule has 0 aliphatic heterocycles. The maximum absolute atomic E-state index is 2.35. The molecule has 0 atom stereocenters. The summed E-state index contributed by atoms with van der Waals surface area (Å²) >= 11 is 0. The highest BCUT2D eigenvalue weighted by atomic mass is 28.2. The summed E-state index contributed by atoms with van der Waals surface area (Å²) in [5.41, 5.74) is 4.98. The maximum atomic E-state index is 2.35. The first-order valence-corrected chi connectivity index (χ1v) is 7.14. The molecule has 2 aromatic carbocycles. The molecule has 0 amide bonds. The molecule has 2 aromatic rings. The molecule has 2 rings (SSSR count). The molecule has 0 saturated heterocycles. The highest BCUT2D eigenvalue weighted by molar-refractivity contribution is 6.59. The monoisotopic (exact) mass is 224 g/mol. The zero-order valence-corrected chi connectivity index (χ0v) is 11.0. The van der Waals surface area contributed by atoms with Crippen molar-refractivity contribution in [3.63, 3.8) is 0 Å². The summed E-state index contributed by atoms with van der Waals surface area (Å²) in [6, 6.07) is 19.3. The Kier molecular flexibility index (Phi) is 3.73. The second-order valence-corrected chi connectivity index (χ2v) is 5.70. The van der Waals surface area contributed by atoms with Gasteiger partial charge in [0.05, 0.1) is 9.52 Å². The number of benzene rings is 2. The Morgan fingerprint density at radius 3 is 2.50 bits per heavy atom. The largest absolute Gasteiger partial charge is 0.0956 e. The van der Waals surface area contributed by atoms with Crippen molar-refractivity contribution < 1.29 is 0 Å². The molecule has 0 unspecified atom stereocenters. The Morgan fingerprint density at radius 2 is 1.75 bits per heavy atom.